The average molecular weight is 276 g/mol. The minimum Gasteiger partial charge on any atom is -0.480 e. The van der Waals surface area contributed by atoms with Crippen molar-refractivity contribution in [2.24, 2.45) is 5.11 Å². The molecule has 0 amide bonds. The lowest BCUT2D eigenvalue weighted by Gasteiger charge is -2.27. The third-order valence-corrected chi connectivity index (χ3v) is 3.34. The first-order valence-corrected chi connectivity index (χ1v) is 6.51. The maximum Gasteiger partial charge on any atom is 0.328 e. The molecule has 0 fully saturated rings. The van der Waals surface area contributed by atoms with Crippen molar-refractivity contribution < 1.29 is 9.90 Å². The molecule has 0 radical (unpaired) electrons. The lowest BCUT2D eigenvalue weighted by Crippen LogP contribution is -2.47. The number of rotatable bonds is 7. The van der Waals surface area contributed by atoms with Crippen LogP contribution < -0.4 is 5.32 Å². The Morgan fingerprint density at radius 3 is 2.50 bits per heavy atom. The molecule has 0 heterocycles. The molecule has 0 saturated carbocycles. The van der Waals surface area contributed by atoms with Gasteiger partial charge in [-0.3, -0.25) is 5.32 Å². The van der Waals surface area contributed by atoms with Gasteiger partial charge in [0.25, 0.3) is 0 Å². The highest BCUT2D eigenvalue weighted by atomic mass is 16.4. The van der Waals surface area contributed by atoms with Crippen LogP contribution in [0.5, 0.6) is 0 Å². The van der Waals surface area contributed by atoms with Crippen LogP contribution in [0.2, 0.25) is 0 Å². The van der Waals surface area contributed by atoms with E-state index in [1.807, 2.05) is 24.3 Å². The van der Waals surface area contributed by atoms with Gasteiger partial charge in [0.1, 0.15) is 5.54 Å². The van der Waals surface area contributed by atoms with Crippen LogP contribution in [0.3, 0.4) is 0 Å². The number of aliphatic carboxylic acids is 1. The molecule has 1 unspecified atom stereocenters. The number of hydrogen-bond acceptors (Lipinski definition) is 3. The fourth-order valence-electron chi connectivity index (χ4n) is 1.90. The van der Waals surface area contributed by atoms with Gasteiger partial charge in [-0.2, -0.15) is 0 Å². The minimum absolute atomic E-state index is 0.212. The molecule has 2 N–H and O–H groups in total. The summed E-state index contributed by atoms with van der Waals surface area (Å²) in [5.41, 5.74) is 8.86. The molecule has 6 nitrogen and oxygen atoms in total. The fraction of sp³-hybridized carbons (Fsp3) is 0.500. The molecule has 0 bridgehead atoms. The predicted molar refractivity (Wildman–Crippen MR) is 77.5 cm³/mol. The molecule has 1 rings (SSSR count). The van der Waals surface area contributed by atoms with Gasteiger partial charge in [0.15, 0.2) is 0 Å². The van der Waals surface area contributed by atoms with Crippen LogP contribution in [0.15, 0.2) is 29.4 Å². The monoisotopic (exact) mass is 276 g/mol. The second-order valence-electron chi connectivity index (χ2n) is 5.09. The van der Waals surface area contributed by atoms with Crippen LogP contribution in [0.1, 0.15) is 37.8 Å². The summed E-state index contributed by atoms with van der Waals surface area (Å²) in [6.45, 7) is 6.30. The van der Waals surface area contributed by atoms with Crippen molar-refractivity contribution in [1.29, 1.82) is 0 Å². The van der Waals surface area contributed by atoms with Crippen molar-refractivity contribution in [2.45, 2.75) is 32.2 Å². The zero-order valence-electron chi connectivity index (χ0n) is 12.0. The first-order chi connectivity index (χ1) is 9.41. The Bertz CT molecular complexity index is 506. The van der Waals surface area contributed by atoms with Crippen molar-refractivity contribution in [1.82, 2.24) is 5.32 Å². The largest absolute Gasteiger partial charge is 0.480 e. The molecule has 108 valence electrons. The molecule has 20 heavy (non-hydrogen) atoms. The van der Waals surface area contributed by atoms with E-state index in [9.17, 15) is 9.90 Å². The molecular formula is C14H20N4O2. The summed E-state index contributed by atoms with van der Waals surface area (Å²) in [7, 11) is 0. The van der Waals surface area contributed by atoms with Gasteiger partial charge >= 0.3 is 5.97 Å². The summed E-state index contributed by atoms with van der Waals surface area (Å²) in [5.74, 6) is -0.561. The predicted octanol–water partition coefficient (Wildman–Crippen LogP) is 3.01. The molecule has 1 aromatic rings. The van der Waals surface area contributed by atoms with E-state index in [0.29, 0.717) is 18.0 Å². The molecule has 1 aromatic carbocycles. The number of carbonyl (C=O) groups is 1. The topological polar surface area (TPSA) is 98.1 Å². The number of benzene rings is 1. The highest BCUT2D eigenvalue weighted by molar-refractivity contribution is 5.80. The van der Waals surface area contributed by atoms with E-state index in [1.54, 1.807) is 6.92 Å². The molecule has 0 aliphatic rings. The van der Waals surface area contributed by atoms with E-state index in [2.05, 4.69) is 29.2 Å². The standard InChI is InChI=1S/C14H20N4O2/c1-10(2)11-4-6-12(7-5-11)14(3,13(19)20)16-8-9-17-18-15/h4-7,10,16H,8-9H2,1-3H3,(H,19,20). The van der Waals surface area contributed by atoms with Gasteiger partial charge in [0, 0.05) is 18.0 Å². The van der Waals surface area contributed by atoms with Crippen molar-refractivity contribution >= 4 is 5.97 Å². The first kappa shape index (κ1) is 16.0. The Morgan fingerprint density at radius 1 is 1.45 bits per heavy atom. The summed E-state index contributed by atoms with van der Waals surface area (Å²) >= 11 is 0. The van der Waals surface area contributed by atoms with Crippen LogP contribution in [-0.2, 0) is 10.3 Å². The van der Waals surface area contributed by atoms with E-state index >= 15 is 0 Å². The fourth-order valence-corrected chi connectivity index (χ4v) is 1.90. The third kappa shape index (κ3) is 3.73. The Hall–Kier alpha value is -2.04. The quantitative estimate of drug-likeness (QED) is 0.346. The zero-order valence-corrected chi connectivity index (χ0v) is 12.0. The molecular weight excluding hydrogens is 256 g/mol. The summed E-state index contributed by atoms with van der Waals surface area (Å²) in [5, 5.41) is 15.8. The van der Waals surface area contributed by atoms with Crippen molar-refractivity contribution in [3.05, 3.63) is 45.8 Å². The van der Waals surface area contributed by atoms with Crippen LogP contribution in [0, 0.1) is 0 Å². The Morgan fingerprint density at radius 2 is 2.05 bits per heavy atom. The smallest absolute Gasteiger partial charge is 0.328 e. The lowest BCUT2D eigenvalue weighted by atomic mass is 9.90. The van der Waals surface area contributed by atoms with Crippen LogP contribution in [-0.4, -0.2) is 24.2 Å². The van der Waals surface area contributed by atoms with E-state index < -0.39 is 11.5 Å². The maximum atomic E-state index is 11.5. The van der Waals surface area contributed by atoms with E-state index in [1.165, 1.54) is 0 Å². The lowest BCUT2D eigenvalue weighted by molar-refractivity contribution is -0.144. The van der Waals surface area contributed by atoms with Crippen molar-refractivity contribution in [2.75, 3.05) is 13.1 Å². The molecule has 1 atom stereocenters. The average Bonchev–Trinajstić information content (AvgIpc) is 2.43. The SMILES string of the molecule is CC(C)c1ccc(C(C)(NCCN=[N+]=[N-])C(=O)O)cc1. The second kappa shape index (κ2) is 6.93. The van der Waals surface area contributed by atoms with Gasteiger partial charge in [-0.25, -0.2) is 4.79 Å². The summed E-state index contributed by atoms with van der Waals surface area (Å²) < 4.78 is 0. The number of hydrogen-bond donors (Lipinski definition) is 2. The Kier molecular flexibility index (Phi) is 5.55. The molecule has 0 aliphatic carbocycles. The number of nitrogens with one attached hydrogen (secondary N) is 1. The third-order valence-electron chi connectivity index (χ3n) is 3.34. The highest BCUT2D eigenvalue weighted by Crippen LogP contribution is 2.23. The number of nitrogens with zero attached hydrogens (tertiary/aromatic N) is 3. The molecule has 0 saturated heterocycles. The van der Waals surface area contributed by atoms with Gasteiger partial charge in [0.2, 0.25) is 0 Å². The van der Waals surface area contributed by atoms with E-state index in [-0.39, 0.29) is 6.54 Å². The molecule has 0 spiro atoms. The summed E-state index contributed by atoms with van der Waals surface area (Å²) in [6.07, 6.45) is 0. The zero-order chi connectivity index (χ0) is 15.2. The summed E-state index contributed by atoms with van der Waals surface area (Å²) in [6, 6.07) is 7.53. The van der Waals surface area contributed by atoms with E-state index in [0.717, 1.165) is 5.56 Å². The first-order valence-electron chi connectivity index (χ1n) is 6.51. The Labute approximate surface area is 118 Å². The van der Waals surface area contributed by atoms with Crippen molar-refractivity contribution in [3.63, 3.8) is 0 Å². The van der Waals surface area contributed by atoms with Gasteiger partial charge in [-0.15, -0.1) is 0 Å². The summed E-state index contributed by atoms with van der Waals surface area (Å²) in [4.78, 5) is 14.2. The van der Waals surface area contributed by atoms with Crippen LogP contribution in [0.4, 0.5) is 0 Å². The second-order valence-corrected chi connectivity index (χ2v) is 5.09. The molecule has 0 aliphatic heterocycles. The van der Waals surface area contributed by atoms with E-state index in [4.69, 9.17) is 5.53 Å². The van der Waals surface area contributed by atoms with Gasteiger partial charge in [0.05, 0.1) is 0 Å². The highest BCUT2D eigenvalue weighted by Gasteiger charge is 2.34. The number of carboxylic acid groups (broad SMARTS) is 1. The molecule has 0 aromatic heterocycles. The van der Waals surface area contributed by atoms with Gasteiger partial charge < -0.3 is 5.11 Å². The molecule has 6 heteroatoms. The van der Waals surface area contributed by atoms with Gasteiger partial charge in [-0.1, -0.05) is 43.2 Å². The van der Waals surface area contributed by atoms with Gasteiger partial charge in [-0.05, 0) is 29.5 Å². The number of azide groups is 1. The Balaban J connectivity index is 2.94. The number of carboxylic acids is 1. The van der Waals surface area contributed by atoms with Crippen molar-refractivity contribution in [3.8, 4) is 0 Å². The normalized spacial score (nSPS) is 13.6. The van der Waals surface area contributed by atoms with Crippen LogP contribution in [0.25, 0.3) is 10.4 Å². The maximum absolute atomic E-state index is 11.5. The van der Waals surface area contributed by atoms with Crippen LogP contribution >= 0.6 is 0 Å². The minimum atomic E-state index is -1.19.